The highest BCUT2D eigenvalue weighted by atomic mass is 35.5. The molecule has 0 bridgehead atoms. The number of benzene rings is 1. The van der Waals surface area contributed by atoms with E-state index >= 15 is 0 Å². The summed E-state index contributed by atoms with van der Waals surface area (Å²) < 4.78 is 10.3. The fourth-order valence-corrected chi connectivity index (χ4v) is 3.55. The fraction of sp³-hybridized carbons (Fsp3) is 0.526. The Hall–Kier alpha value is -1.79. The zero-order chi connectivity index (χ0) is 20.4. The van der Waals surface area contributed by atoms with E-state index in [1.165, 1.54) is 0 Å². The number of rotatable bonds is 4. The number of amides is 2. The molecular formula is C19H23Cl2NO5. The number of carbonyl (C=O) groups is 3. The lowest BCUT2D eigenvalue weighted by atomic mass is 9.96. The summed E-state index contributed by atoms with van der Waals surface area (Å²) in [6.45, 7) is 6.89. The minimum Gasteiger partial charge on any atom is -0.464 e. The number of hydrogen-bond donors (Lipinski definition) is 0. The van der Waals surface area contributed by atoms with Crippen LogP contribution in [0.2, 0.25) is 10.0 Å². The van der Waals surface area contributed by atoms with Crippen LogP contribution in [0.4, 0.5) is 4.79 Å². The number of imide groups is 1. The van der Waals surface area contributed by atoms with Crippen LogP contribution in [0.3, 0.4) is 0 Å². The van der Waals surface area contributed by atoms with Crippen molar-refractivity contribution in [1.29, 1.82) is 0 Å². The van der Waals surface area contributed by atoms with Crippen LogP contribution in [0.25, 0.3) is 0 Å². The molecule has 1 saturated heterocycles. The van der Waals surface area contributed by atoms with Crippen molar-refractivity contribution in [3.05, 3.63) is 33.8 Å². The van der Waals surface area contributed by atoms with Crippen molar-refractivity contribution in [2.24, 2.45) is 5.92 Å². The molecule has 0 aliphatic carbocycles. The van der Waals surface area contributed by atoms with Gasteiger partial charge in [0.2, 0.25) is 5.91 Å². The zero-order valence-corrected chi connectivity index (χ0v) is 17.3. The minimum atomic E-state index is -1.01. The number of halogens is 2. The van der Waals surface area contributed by atoms with Crippen LogP contribution in [0, 0.1) is 5.92 Å². The second-order valence-corrected chi connectivity index (χ2v) is 8.24. The molecule has 2 rings (SSSR count). The van der Waals surface area contributed by atoms with Gasteiger partial charge in [0.25, 0.3) is 0 Å². The van der Waals surface area contributed by atoms with Crippen LogP contribution in [0.5, 0.6) is 0 Å². The second kappa shape index (κ2) is 8.48. The van der Waals surface area contributed by atoms with Gasteiger partial charge in [0.15, 0.2) is 0 Å². The maximum atomic E-state index is 12.9. The monoisotopic (exact) mass is 415 g/mol. The topological polar surface area (TPSA) is 72.9 Å². The van der Waals surface area contributed by atoms with Crippen molar-refractivity contribution >= 4 is 41.2 Å². The standard InChI is InChI=1S/C19H23Cl2NO5/c1-5-26-17(24)15-9-12(6-11-7-13(20)10-14(21)8-11)16(23)22(15)18(25)27-19(2,3)4/h7-8,10,12,15H,5-6,9H2,1-4H3/t12-,15+/m0/s1. The maximum Gasteiger partial charge on any atom is 0.417 e. The Morgan fingerprint density at radius 2 is 1.78 bits per heavy atom. The Labute approximate surface area is 168 Å². The molecule has 8 heteroatoms. The maximum absolute atomic E-state index is 12.9. The van der Waals surface area contributed by atoms with Gasteiger partial charge in [0.1, 0.15) is 11.6 Å². The third-order valence-corrected chi connectivity index (χ3v) is 4.40. The Balaban J connectivity index is 2.26. The Bertz CT molecular complexity index is 724. The number of hydrogen-bond acceptors (Lipinski definition) is 5. The molecule has 1 aliphatic heterocycles. The predicted octanol–water partition coefficient (Wildman–Crippen LogP) is 4.25. The Kier molecular flexibility index (Phi) is 6.76. The van der Waals surface area contributed by atoms with E-state index < -0.39 is 35.5 Å². The van der Waals surface area contributed by atoms with Gasteiger partial charge in [0, 0.05) is 16.0 Å². The van der Waals surface area contributed by atoms with E-state index in [-0.39, 0.29) is 13.0 Å². The van der Waals surface area contributed by atoms with Gasteiger partial charge in [0.05, 0.1) is 6.61 Å². The van der Waals surface area contributed by atoms with E-state index in [1.54, 1.807) is 45.9 Å². The average molecular weight is 416 g/mol. The molecule has 6 nitrogen and oxygen atoms in total. The summed E-state index contributed by atoms with van der Waals surface area (Å²) in [5, 5.41) is 0.905. The first kappa shape index (κ1) is 21.5. The molecule has 2 atom stereocenters. The largest absolute Gasteiger partial charge is 0.464 e. The van der Waals surface area contributed by atoms with Gasteiger partial charge in [-0.25, -0.2) is 14.5 Å². The van der Waals surface area contributed by atoms with Gasteiger partial charge < -0.3 is 9.47 Å². The van der Waals surface area contributed by atoms with E-state index in [9.17, 15) is 14.4 Å². The van der Waals surface area contributed by atoms with E-state index in [4.69, 9.17) is 32.7 Å². The van der Waals surface area contributed by atoms with Crippen LogP contribution >= 0.6 is 23.2 Å². The van der Waals surface area contributed by atoms with E-state index in [1.807, 2.05) is 0 Å². The quantitative estimate of drug-likeness (QED) is 0.687. The van der Waals surface area contributed by atoms with Gasteiger partial charge in [-0.15, -0.1) is 0 Å². The average Bonchev–Trinajstić information content (AvgIpc) is 2.82. The fourth-order valence-electron chi connectivity index (χ4n) is 2.98. The summed E-state index contributed by atoms with van der Waals surface area (Å²) in [4.78, 5) is 38.6. The van der Waals surface area contributed by atoms with Crippen molar-refractivity contribution in [3.8, 4) is 0 Å². The number of ether oxygens (including phenoxy) is 2. The summed E-state index contributed by atoms with van der Waals surface area (Å²) >= 11 is 12.0. The smallest absolute Gasteiger partial charge is 0.417 e. The molecule has 1 fully saturated rings. The third-order valence-electron chi connectivity index (χ3n) is 3.96. The van der Waals surface area contributed by atoms with Crippen LogP contribution in [-0.2, 0) is 25.5 Å². The molecule has 0 saturated carbocycles. The summed E-state index contributed by atoms with van der Waals surface area (Å²) in [7, 11) is 0. The number of esters is 1. The molecule has 0 aromatic heterocycles. The Morgan fingerprint density at radius 1 is 1.19 bits per heavy atom. The molecular weight excluding hydrogens is 393 g/mol. The predicted molar refractivity (Wildman–Crippen MR) is 102 cm³/mol. The van der Waals surface area contributed by atoms with E-state index in [0.717, 1.165) is 10.5 Å². The highest BCUT2D eigenvalue weighted by Gasteiger charge is 2.48. The molecule has 0 unspecified atom stereocenters. The highest BCUT2D eigenvalue weighted by Crippen LogP contribution is 2.31. The SMILES string of the molecule is CCOC(=O)[C@H]1C[C@H](Cc2cc(Cl)cc(Cl)c2)C(=O)N1C(=O)OC(C)(C)C. The summed E-state index contributed by atoms with van der Waals surface area (Å²) in [5.41, 5.74) is -0.0470. The van der Waals surface area contributed by atoms with Crippen molar-refractivity contribution < 1.29 is 23.9 Å². The van der Waals surface area contributed by atoms with Crippen LogP contribution < -0.4 is 0 Å². The third kappa shape index (κ3) is 5.59. The normalized spacial score (nSPS) is 19.9. The first-order valence-corrected chi connectivity index (χ1v) is 9.45. The van der Waals surface area contributed by atoms with Crippen molar-refractivity contribution in [1.82, 2.24) is 4.90 Å². The van der Waals surface area contributed by atoms with E-state index in [2.05, 4.69) is 0 Å². The lowest BCUT2D eigenvalue weighted by Crippen LogP contribution is -2.46. The molecule has 0 N–H and O–H groups in total. The molecule has 148 valence electrons. The number of carbonyl (C=O) groups excluding carboxylic acids is 3. The van der Waals surface area contributed by atoms with Crippen molar-refractivity contribution in [3.63, 3.8) is 0 Å². The first-order valence-electron chi connectivity index (χ1n) is 8.69. The second-order valence-electron chi connectivity index (χ2n) is 7.37. The van der Waals surface area contributed by atoms with Crippen molar-refractivity contribution in [2.45, 2.75) is 52.2 Å². The molecule has 1 aromatic carbocycles. The molecule has 27 heavy (non-hydrogen) atoms. The van der Waals surface area contributed by atoms with Crippen molar-refractivity contribution in [2.75, 3.05) is 6.61 Å². The number of nitrogens with zero attached hydrogens (tertiary/aromatic N) is 1. The van der Waals surface area contributed by atoms with Crippen LogP contribution in [-0.4, -0.2) is 41.1 Å². The van der Waals surface area contributed by atoms with Gasteiger partial charge >= 0.3 is 12.1 Å². The summed E-state index contributed by atoms with van der Waals surface area (Å²) in [6, 6.07) is 4.00. The van der Waals surface area contributed by atoms with Crippen LogP contribution in [0.15, 0.2) is 18.2 Å². The molecule has 0 radical (unpaired) electrons. The Morgan fingerprint density at radius 3 is 2.30 bits per heavy atom. The van der Waals surface area contributed by atoms with Gasteiger partial charge in [-0.3, -0.25) is 4.79 Å². The number of likely N-dealkylation sites (tertiary alicyclic amines) is 1. The zero-order valence-electron chi connectivity index (χ0n) is 15.8. The highest BCUT2D eigenvalue weighted by molar-refractivity contribution is 6.34. The van der Waals surface area contributed by atoms with E-state index in [0.29, 0.717) is 16.5 Å². The minimum absolute atomic E-state index is 0.153. The lowest BCUT2D eigenvalue weighted by molar-refractivity contribution is -0.151. The molecule has 2 amide bonds. The van der Waals surface area contributed by atoms with Gasteiger partial charge in [-0.2, -0.15) is 0 Å². The summed E-state index contributed by atoms with van der Waals surface area (Å²) in [6.07, 6.45) is -0.396. The molecule has 0 spiro atoms. The summed E-state index contributed by atoms with van der Waals surface area (Å²) in [5.74, 6) is -1.68. The molecule has 1 aromatic rings. The van der Waals surface area contributed by atoms with Gasteiger partial charge in [-0.1, -0.05) is 23.2 Å². The first-order chi connectivity index (χ1) is 12.5. The van der Waals surface area contributed by atoms with Gasteiger partial charge in [-0.05, 0) is 64.3 Å². The van der Waals surface area contributed by atoms with Crippen LogP contribution in [0.1, 0.15) is 39.7 Å². The molecule has 1 aliphatic rings. The molecule has 1 heterocycles. The lowest BCUT2D eigenvalue weighted by Gasteiger charge is -2.26.